The van der Waals surface area contributed by atoms with Crippen LogP contribution in [0.2, 0.25) is 0 Å². The van der Waals surface area contributed by atoms with Gasteiger partial charge in [-0.05, 0) is 30.3 Å². The van der Waals surface area contributed by atoms with Crippen LogP contribution in [0.25, 0.3) is 0 Å². The Morgan fingerprint density at radius 1 is 1.00 bits per heavy atom. The number of carbonyl (C=O) groups excluding carboxylic acids is 1. The van der Waals surface area contributed by atoms with Gasteiger partial charge >= 0.3 is 0 Å². The van der Waals surface area contributed by atoms with Gasteiger partial charge < -0.3 is 9.80 Å². The third-order valence-electron chi connectivity index (χ3n) is 4.70. The van der Waals surface area contributed by atoms with Crippen molar-refractivity contribution in [3.63, 3.8) is 0 Å². The summed E-state index contributed by atoms with van der Waals surface area (Å²) in [6.45, 7) is 3.23. The Labute approximate surface area is 133 Å². The van der Waals surface area contributed by atoms with Crippen molar-refractivity contribution >= 4 is 11.9 Å². The number of rotatable bonds is 2. The van der Waals surface area contributed by atoms with Crippen molar-refractivity contribution in [1.29, 1.82) is 0 Å². The summed E-state index contributed by atoms with van der Waals surface area (Å²) in [7, 11) is 0. The Bertz CT molecular complexity index is 692. The number of anilines is 1. The van der Waals surface area contributed by atoms with Gasteiger partial charge in [0, 0.05) is 56.0 Å². The number of carbonyl (C=O) groups is 1. The Morgan fingerprint density at radius 3 is 2.22 bits per heavy atom. The van der Waals surface area contributed by atoms with Gasteiger partial charge in [0.05, 0.1) is 0 Å². The molecule has 0 spiro atoms. The summed E-state index contributed by atoms with van der Waals surface area (Å²) in [5, 5.41) is 0. The fraction of sp³-hybridized carbons (Fsp3) is 0.353. The Kier molecular flexibility index (Phi) is 3.44. The molecular formula is C17H17FN4O. The van der Waals surface area contributed by atoms with E-state index in [1.54, 1.807) is 24.5 Å². The molecule has 4 rings (SSSR count). The maximum absolute atomic E-state index is 13.0. The lowest BCUT2D eigenvalue weighted by molar-refractivity contribution is 0.0782. The summed E-state index contributed by atoms with van der Waals surface area (Å²) in [6, 6.07) is 7.58. The molecule has 2 aliphatic rings. The average molecular weight is 312 g/mol. The van der Waals surface area contributed by atoms with E-state index in [0.29, 0.717) is 17.4 Å². The molecule has 1 amide bonds. The highest BCUT2D eigenvalue weighted by Gasteiger charge is 2.42. The second-order valence-corrected chi connectivity index (χ2v) is 6.19. The normalized spacial score (nSPS) is 23.2. The second kappa shape index (κ2) is 5.61. The van der Waals surface area contributed by atoms with Crippen molar-refractivity contribution in [2.45, 2.75) is 0 Å². The van der Waals surface area contributed by atoms with Crippen LogP contribution in [-0.2, 0) is 0 Å². The van der Waals surface area contributed by atoms with E-state index in [0.717, 1.165) is 32.1 Å². The predicted molar refractivity (Wildman–Crippen MR) is 83.5 cm³/mol. The quantitative estimate of drug-likeness (QED) is 0.849. The molecule has 2 atom stereocenters. The summed E-state index contributed by atoms with van der Waals surface area (Å²) in [6.07, 6.45) is 3.50. The summed E-state index contributed by atoms with van der Waals surface area (Å²) in [5.74, 6) is 1.32. The number of benzene rings is 1. The molecule has 2 aliphatic heterocycles. The van der Waals surface area contributed by atoms with E-state index in [2.05, 4.69) is 14.9 Å². The van der Waals surface area contributed by atoms with Crippen molar-refractivity contribution in [3.05, 3.63) is 54.1 Å². The highest BCUT2D eigenvalue weighted by atomic mass is 19.1. The van der Waals surface area contributed by atoms with Crippen molar-refractivity contribution in [2.24, 2.45) is 11.8 Å². The second-order valence-electron chi connectivity index (χ2n) is 6.19. The molecule has 0 bridgehead atoms. The van der Waals surface area contributed by atoms with Gasteiger partial charge in [0.1, 0.15) is 5.82 Å². The van der Waals surface area contributed by atoms with Gasteiger partial charge in [0.2, 0.25) is 5.95 Å². The Hall–Kier alpha value is -2.50. The monoisotopic (exact) mass is 312 g/mol. The van der Waals surface area contributed by atoms with Crippen molar-refractivity contribution in [1.82, 2.24) is 14.9 Å². The fourth-order valence-corrected chi connectivity index (χ4v) is 3.55. The van der Waals surface area contributed by atoms with Crippen LogP contribution in [0, 0.1) is 17.7 Å². The van der Waals surface area contributed by atoms with E-state index in [4.69, 9.17) is 0 Å². The molecule has 6 heteroatoms. The molecule has 2 aromatic rings. The third-order valence-corrected chi connectivity index (χ3v) is 4.70. The highest BCUT2D eigenvalue weighted by Crippen LogP contribution is 2.33. The number of halogens is 1. The lowest BCUT2D eigenvalue weighted by Gasteiger charge is -2.21. The number of nitrogens with zero attached hydrogens (tertiary/aromatic N) is 4. The summed E-state index contributed by atoms with van der Waals surface area (Å²) in [4.78, 5) is 25.2. The average Bonchev–Trinajstić information content (AvgIpc) is 3.14. The summed E-state index contributed by atoms with van der Waals surface area (Å²) in [5.41, 5.74) is 0.551. The van der Waals surface area contributed by atoms with Crippen molar-refractivity contribution < 1.29 is 9.18 Å². The van der Waals surface area contributed by atoms with E-state index in [1.807, 2.05) is 11.0 Å². The lowest BCUT2D eigenvalue weighted by atomic mass is 10.0. The van der Waals surface area contributed by atoms with Gasteiger partial charge in [0.15, 0.2) is 0 Å². The molecule has 3 heterocycles. The Balaban J connectivity index is 1.42. The van der Waals surface area contributed by atoms with E-state index in [1.165, 1.54) is 12.1 Å². The maximum Gasteiger partial charge on any atom is 0.253 e. The number of amides is 1. The number of likely N-dealkylation sites (tertiary alicyclic amines) is 1. The van der Waals surface area contributed by atoms with Gasteiger partial charge in [0.25, 0.3) is 5.91 Å². The minimum absolute atomic E-state index is 0.0121. The van der Waals surface area contributed by atoms with Crippen LogP contribution in [0.15, 0.2) is 42.7 Å². The van der Waals surface area contributed by atoms with Crippen molar-refractivity contribution in [2.75, 3.05) is 31.1 Å². The van der Waals surface area contributed by atoms with Crippen LogP contribution in [0.1, 0.15) is 10.4 Å². The number of hydrogen-bond donors (Lipinski definition) is 0. The summed E-state index contributed by atoms with van der Waals surface area (Å²) < 4.78 is 13.0. The van der Waals surface area contributed by atoms with Crippen LogP contribution in [-0.4, -0.2) is 47.0 Å². The summed E-state index contributed by atoms with van der Waals surface area (Å²) >= 11 is 0. The van der Waals surface area contributed by atoms with E-state index >= 15 is 0 Å². The molecule has 0 N–H and O–H groups in total. The van der Waals surface area contributed by atoms with Crippen LogP contribution in [0.5, 0.6) is 0 Å². The number of fused-ring (bicyclic) bond motifs is 1. The van der Waals surface area contributed by atoms with E-state index in [-0.39, 0.29) is 11.7 Å². The SMILES string of the molecule is O=C(c1ccc(F)cc1)N1C[C@H]2CN(c3ncccn3)C[C@@H]2C1. The molecule has 5 nitrogen and oxygen atoms in total. The van der Waals surface area contributed by atoms with Gasteiger partial charge in [-0.1, -0.05) is 0 Å². The zero-order valence-electron chi connectivity index (χ0n) is 12.6. The molecule has 2 fully saturated rings. The highest BCUT2D eigenvalue weighted by molar-refractivity contribution is 5.94. The lowest BCUT2D eigenvalue weighted by Crippen LogP contribution is -2.33. The molecule has 1 aromatic heterocycles. The maximum atomic E-state index is 13.0. The van der Waals surface area contributed by atoms with Gasteiger partial charge in [-0.2, -0.15) is 0 Å². The zero-order valence-corrected chi connectivity index (χ0v) is 12.6. The first-order valence-electron chi connectivity index (χ1n) is 7.77. The number of aromatic nitrogens is 2. The molecule has 2 saturated heterocycles. The van der Waals surface area contributed by atoms with Gasteiger partial charge in [-0.15, -0.1) is 0 Å². The molecule has 118 valence electrons. The van der Waals surface area contributed by atoms with Crippen LogP contribution < -0.4 is 4.90 Å². The third kappa shape index (κ3) is 2.65. The topological polar surface area (TPSA) is 49.3 Å². The first kappa shape index (κ1) is 14.1. The Morgan fingerprint density at radius 2 is 1.61 bits per heavy atom. The van der Waals surface area contributed by atoms with Crippen LogP contribution >= 0.6 is 0 Å². The standard InChI is InChI=1S/C17H17FN4O/c18-15-4-2-12(3-5-15)16(23)21-8-13-10-22(11-14(13)9-21)17-19-6-1-7-20-17/h1-7,13-14H,8-11H2/t13-,14-/m0/s1. The fourth-order valence-electron chi connectivity index (χ4n) is 3.55. The molecule has 0 aliphatic carbocycles. The molecule has 0 unspecified atom stereocenters. The van der Waals surface area contributed by atoms with Gasteiger partial charge in [-0.25, -0.2) is 14.4 Å². The first-order valence-corrected chi connectivity index (χ1v) is 7.77. The predicted octanol–water partition coefficient (Wildman–Crippen LogP) is 1.82. The molecule has 0 radical (unpaired) electrons. The zero-order chi connectivity index (χ0) is 15.8. The molecular weight excluding hydrogens is 295 g/mol. The van der Waals surface area contributed by atoms with Crippen LogP contribution in [0.4, 0.5) is 10.3 Å². The molecule has 0 saturated carbocycles. The first-order chi connectivity index (χ1) is 11.2. The number of hydrogen-bond acceptors (Lipinski definition) is 4. The minimum atomic E-state index is -0.321. The minimum Gasteiger partial charge on any atom is -0.340 e. The van der Waals surface area contributed by atoms with E-state index in [9.17, 15) is 9.18 Å². The molecule has 23 heavy (non-hydrogen) atoms. The smallest absolute Gasteiger partial charge is 0.253 e. The van der Waals surface area contributed by atoms with Crippen molar-refractivity contribution in [3.8, 4) is 0 Å². The van der Waals surface area contributed by atoms with Gasteiger partial charge in [-0.3, -0.25) is 4.79 Å². The molecule has 1 aromatic carbocycles. The largest absolute Gasteiger partial charge is 0.340 e. The van der Waals surface area contributed by atoms with Crippen LogP contribution in [0.3, 0.4) is 0 Å². The van der Waals surface area contributed by atoms with E-state index < -0.39 is 0 Å².